The SMILES string of the molecule is O=C(Nc1nc(-c2ccc(F)cc2F)cs1)C1CCCN(S(=O)(=O)c2ccc(Cl)s2)C1. The molecule has 1 aliphatic rings. The molecule has 1 fully saturated rings. The predicted octanol–water partition coefficient (Wildman–Crippen LogP) is 4.84. The Hall–Kier alpha value is -1.92. The van der Waals surface area contributed by atoms with Crippen molar-refractivity contribution in [3.05, 3.63) is 51.7 Å². The van der Waals surface area contributed by atoms with Gasteiger partial charge in [0.25, 0.3) is 10.0 Å². The van der Waals surface area contributed by atoms with Crippen molar-refractivity contribution in [1.29, 1.82) is 0 Å². The molecule has 0 saturated carbocycles. The van der Waals surface area contributed by atoms with Gasteiger partial charge >= 0.3 is 0 Å². The van der Waals surface area contributed by atoms with Crippen molar-refractivity contribution in [2.75, 3.05) is 18.4 Å². The minimum atomic E-state index is -3.72. The quantitative estimate of drug-likeness (QED) is 0.540. The van der Waals surface area contributed by atoms with Gasteiger partial charge in [-0.2, -0.15) is 4.31 Å². The molecule has 1 aliphatic heterocycles. The highest BCUT2D eigenvalue weighted by molar-refractivity contribution is 7.91. The molecule has 1 amide bonds. The normalized spacial score (nSPS) is 17.6. The topological polar surface area (TPSA) is 79.4 Å². The van der Waals surface area contributed by atoms with Crippen LogP contribution in [0.5, 0.6) is 0 Å². The number of carbonyl (C=O) groups is 1. The lowest BCUT2D eigenvalue weighted by Gasteiger charge is -2.30. The number of hydrogen-bond donors (Lipinski definition) is 1. The van der Waals surface area contributed by atoms with Crippen LogP contribution in [-0.4, -0.2) is 36.7 Å². The number of thiazole rings is 1. The monoisotopic (exact) mass is 503 g/mol. The molecule has 0 radical (unpaired) electrons. The molecule has 2 aromatic heterocycles. The van der Waals surface area contributed by atoms with E-state index in [0.717, 1.165) is 34.8 Å². The molecule has 0 spiro atoms. The van der Waals surface area contributed by atoms with Gasteiger partial charge in [0, 0.05) is 30.1 Å². The first-order valence-electron chi connectivity index (χ1n) is 9.21. The largest absolute Gasteiger partial charge is 0.302 e. The lowest BCUT2D eigenvalue weighted by molar-refractivity contribution is -0.120. The van der Waals surface area contributed by atoms with Crippen LogP contribution in [-0.2, 0) is 14.8 Å². The van der Waals surface area contributed by atoms with E-state index in [-0.39, 0.29) is 33.1 Å². The number of piperidine rings is 1. The molecule has 0 bridgehead atoms. The van der Waals surface area contributed by atoms with Crippen LogP contribution in [0, 0.1) is 17.6 Å². The van der Waals surface area contributed by atoms with Gasteiger partial charge in [-0.05, 0) is 37.1 Å². The van der Waals surface area contributed by atoms with Crippen LogP contribution < -0.4 is 5.32 Å². The fourth-order valence-corrected chi connectivity index (χ4v) is 7.17. The summed E-state index contributed by atoms with van der Waals surface area (Å²) in [5.74, 6) is -2.34. The number of nitrogens with one attached hydrogen (secondary N) is 1. The summed E-state index contributed by atoms with van der Waals surface area (Å²) in [6.07, 6.45) is 1.08. The number of thiophene rings is 1. The molecule has 1 N–H and O–H groups in total. The van der Waals surface area contributed by atoms with E-state index in [1.165, 1.54) is 22.5 Å². The van der Waals surface area contributed by atoms with Crippen LogP contribution in [0.1, 0.15) is 12.8 Å². The molecule has 0 aliphatic carbocycles. The van der Waals surface area contributed by atoms with E-state index in [4.69, 9.17) is 11.6 Å². The summed E-state index contributed by atoms with van der Waals surface area (Å²) >= 11 is 7.95. The minimum Gasteiger partial charge on any atom is -0.302 e. The van der Waals surface area contributed by atoms with Crippen molar-refractivity contribution in [2.45, 2.75) is 17.1 Å². The van der Waals surface area contributed by atoms with E-state index >= 15 is 0 Å². The Morgan fingerprint density at radius 2 is 2.06 bits per heavy atom. The van der Waals surface area contributed by atoms with Gasteiger partial charge < -0.3 is 5.32 Å². The van der Waals surface area contributed by atoms with Gasteiger partial charge in [-0.3, -0.25) is 4.79 Å². The van der Waals surface area contributed by atoms with E-state index in [1.54, 1.807) is 5.38 Å². The highest BCUT2D eigenvalue weighted by atomic mass is 35.5. The third-order valence-corrected chi connectivity index (χ3v) is 9.16. The molecular weight excluding hydrogens is 488 g/mol. The smallest absolute Gasteiger partial charge is 0.252 e. The number of nitrogens with zero attached hydrogens (tertiary/aromatic N) is 2. The van der Waals surface area contributed by atoms with E-state index in [1.807, 2.05) is 0 Å². The summed E-state index contributed by atoms with van der Waals surface area (Å²) in [6, 6.07) is 6.17. The Morgan fingerprint density at radius 1 is 1.26 bits per heavy atom. The van der Waals surface area contributed by atoms with Gasteiger partial charge in [-0.15, -0.1) is 22.7 Å². The van der Waals surface area contributed by atoms with Gasteiger partial charge in [0.2, 0.25) is 5.91 Å². The van der Waals surface area contributed by atoms with Crippen molar-refractivity contribution in [2.24, 2.45) is 5.92 Å². The predicted molar refractivity (Wildman–Crippen MR) is 117 cm³/mol. The molecule has 3 aromatic rings. The van der Waals surface area contributed by atoms with Gasteiger partial charge in [0.15, 0.2) is 5.13 Å². The molecule has 12 heteroatoms. The Balaban J connectivity index is 1.45. The van der Waals surface area contributed by atoms with Crippen LogP contribution in [0.3, 0.4) is 0 Å². The summed E-state index contributed by atoms with van der Waals surface area (Å²) in [5.41, 5.74) is 0.405. The maximum atomic E-state index is 14.0. The zero-order valence-electron chi connectivity index (χ0n) is 15.8. The Kier molecular flexibility index (Phi) is 6.40. The third kappa shape index (κ3) is 4.80. The van der Waals surface area contributed by atoms with Crippen LogP contribution in [0.25, 0.3) is 11.3 Å². The number of anilines is 1. The average Bonchev–Trinajstić information content (AvgIpc) is 3.37. The van der Waals surface area contributed by atoms with E-state index < -0.39 is 27.6 Å². The molecule has 31 heavy (non-hydrogen) atoms. The van der Waals surface area contributed by atoms with Crippen molar-refractivity contribution in [1.82, 2.24) is 9.29 Å². The number of sulfonamides is 1. The molecular formula is C19H16ClF2N3O3S3. The lowest BCUT2D eigenvalue weighted by Crippen LogP contribution is -2.43. The van der Waals surface area contributed by atoms with E-state index in [0.29, 0.717) is 23.7 Å². The Morgan fingerprint density at radius 3 is 2.77 bits per heavy atom. The zero-order chi connectivity index (χ0) is 22.2. The first-order valence-corrected chi connectivity index (χ1v) is 12.7. The van der Waals surface area contributed by atoms with Gasteiger partial charge in [0.1, 0.15) is 15.8 Å². The fourth-order valence-electron chi connectivity index (χ4n) is 3.30. The molecule has 1 atom stereocenters. The van der Waals surface area contributed by atoms with Crippen molar-refractivity contribution in [3.8, 4) is 11.3 Å². The number of halogens is 3. The Labute approximate surface area is 190 Å². The maximum absolute atomic E-state index is 14.0. The number of amides is 1. The second kappa shape index (κ2) is 8.91. The van der Waals surface area contributed by atoms with Gasteiger partial charge in [-0.25, -0.2) is 22.2 Å². The van der Waals surface area contributed by atoms with Crippen LogP contribution in [0.2, 0.25) is 4.34 Å². The lowest BCUT2D eigenvalue weighted by atomic mass is 9.99. The summed E-state index contributed by atoms with van der Waals surface area (Å²) in [5, 5.41) is 4.50. The highest BCUT2D eigenvalue weighted by Crippen LogP contribution is 2.32. The van der Waals surface area contributed by atoms with Crippen molar-refractivity contribution >= 4 is 55.3 Å². The number of rotatable bonds is 5. The zero-order valence-corrected chi connectivity index (χ0v) is 19.1. The fraction of sp³-hybridized carbons (Fsp3) is 0.263. The first-order chi connectivity index (χ1) is 14.7. The van der Waals surface area contributed by atoms with Crippen molar-refractivity contribution in [3.63, 3.8) is 0 Å². The number of carbonyl (C=O) groups excluding carboxylic acids is 1. The molecule has 3 heterocycles. The number of aromatic nitrogens is 1. The maximum Gasteiger partial charge on any atom is 0.252 e. The van der Waals surface area contributed by atoms with Gasteiger partial charge in [-0.1, -0.05) is 11.6 Å². The number of benzene rings is 1. The highest BCUT2D eigenvalue weighted by Gasteiger charge is 2.34. The molecule has 1 unspecified atom stereocenters. The van der Waals surface area contributed by atoms with Crippen LogP contribution in [0.4, 0.5) is 13.9 Å². The van der Waals surface area contributed by atoms with Crippen LogP contribution in [0.15, 0.2) is 39.9 Å². The summed E-state index contributed by atoms with van der Waals surface area (Å²) in [6.45, 7) is 0.376. The summed E-state index contributed by atoms with van der Waals surface area (Å²) < 4.78 is 54.5. The molecule has 1 saturated heterocycles. The molecule has 164 valence electrons. The van der Waals surface area contributed by atoms with Crippen LogP contribution >= 0.6 is 34.3 Å². The second-order valence-corrected chi connectivity index (χ2v) is 11.7. The average molecular weight is 504 g/mol. The van der Waals surface area contributed by atoms with Gasteiger partial charge in [0.05, 0.1) is 15.9 Å². The minimum absolute atomic E-state index is 0.0501. The number of hydrogen-bond acceptors (Lipinski definition) is 6. The molecule has 1 aromatic carbocycles. The first kappa shape index (κ1) is 22.3. The second-order valence-electron chi connectivity index (χ2n) is 6.91. The summed E-state index contributed by atoms with van der Waals surface area (Å²) in [4.78, 5) is 16.9. The molecule has 4 rings (SSSR count). The third-order valence-electron chi connectivity index (χ3n) is 4.84. The van der Waals surface area contributed by atoms with E-state index in [2.05, 4.69) is 10.3 Å². The van der Waals surface area contributed by atoms with E-state index in [9.17, 15) is 22.0 Å². The molecule has 6 nitrogen and oxygen atoms in total. The summed E-state index contributed by atoms with van der Waals surface area (Å²) in [7, 11) is -3.72. The Bertz CT molecular complexity index is 1230. The van der Waals surface area contributed by atoms with Crippen molar-refractivity contribution < 1.29 is 22.0 Å². The standard InChI is InChI=1S/C19H16ClF2N3O3S3/c20-16-5-6-17(30-16)31(27,28)25-7-1-2-11(9-25)18(26)24-19-23-15(10-29-19)13-4-3-12(21)8-14(13)22/h3-6,8,10-11H,1-2,7,9H2,(H,23,24,26).